The molecule has 0 N–H and O–H groups in total. The van der Waals surface area contributed by atoms with Gasteiger partial charge < -0.3 is 0 Å². The van der Waals surface area contributed by atoms with Gasteiger partial charge in [-0.3, -0.25) is 4.90 Å². The van der Waals surface area contributed by atoms with Crippen molar-refractivity contribution >= 4 is 8.58 Å². The molecule has 1 fully saturated rings. The Morgan fingerprint density at radius 1 is 1.05 bits per heavy atom. The number of likely N-dealkylation sites (tertiary alicyclic amines) is 1. The smallest absolute Gasteiger partial charge is 0.0277 e. The number of piperidine rings is 1. The van der Waals surface area contributed by atoms with Crippen LogP contribution in [0.15, 0.2) is 12.7 Å². The van der Waals surface area contributed by atoms with E-state index in [9.17, 15) is 0 Å². The molecule has 0 aliphatic carbocycles. The van der Waals surface area contributed by atoms with Gasteiger partial charge in [0.15, 0.2) is 0 Å². The Morgan fingerprint density at radius 3 is 2.00 bits per heavy atom. The van der Waals surface area contributed by atoms with Crippen molar-refractivity contribution in [1.82, 2.24) is 4.90 Å². The zero-order valence-electron chi connectivity index (χ0n) is 14.0. The van der Waals surface area contributed by atoms with Gasteiger partial charge in [0, 0.05) is 5.54 Å². The third kappa shape index (κ3) is 3.08. The summed E-state index contributed by atoms with van der Waals surface area (Å²) in [6.45, 7) is 21.1. The van der Waals surface area contributed by atoms with E-state index in [0.29, 0.717) is 0 Å². The van der Waals surface area contributed by atoms with Gasteiger partial charge in [-0.15, -0.1) is 15.2 Å². The van der Waals surface area contributed by atoms with Crippen LogP contribution in [-0.2, 0) is 0 Å². The quantitative estimate of drug-likeness (QED) is 0.501. The maximum absolute atomic E-state index is 4.10. The number of hydrogen-bond donors (Lipinski definition) is 0. The largest absolute Gasteiger partial charge is 0.297 e. The Kier molecular flexibility index (Phi) is 5.67. The maximum atomic E-state index is 4.10. The Hall–Kier alpha value is 0.130. The van der Waals surface area contributed by atoms with Crippen molar-refractivity contribution < 1.29 is 0 Å². The van der Waals surface area contributed by atoms with Crippen LogP contribution in [0.3, 0.4) is 0 Å². The standard InChI is InChI=1S/C17H34NP/c1-8-15(2,3)16(4,5)17(6,14-19-7)18-12-10-9-11-13-18/h8,19H,1,9-14H2,2-7H3. The van der Waals surface area contributed by atoms with Crippen LogP contribution < -0.4 is 0 Å². The normalized spacial score (nSPS) is 22.6. The van der Waals surface area contributed by atoms with Gasteiger partial charge in [-0.25, -0.2) is 0 Å². The van der Waals surface area contributed by atoms with E-state index in [2.05, 4.69) is 58.8 Å². The van der Waals surface area contributed by atoms with Crippen LogP contribution >= 0.6 is 8.58 Å². The highest BCUT2D eigenvalue weighted by Crippen LogP contribution is 2.51. The fourth-order valence-corrected chi connectivity index (χ4v) is 4.76. The first-order chi connectivity index (χ1) is 8.73. The van der Waals surface area contributed by atoms with Gasteiger partial charge in [-0.2, -0.15) is 0 Å². The first-order valence-corrected chi connectivity index (χ1v) is 9.47. The summed E-state index contributed by atoms with van der Waals surface area (Å²) in [4.78, 5) is 2.78. The minimum atomic E-state index is 0.152. The van der Waals surface area contributed by atoms with Crippen LogP contribution in [0.5, 0.6) is 0 Å². The average Bonchev–Trinajstić information content (AvgIpc) is 2.39. The monoisotopic (exact) mass is 283 g/mol. The summed E-state index contributed by atoms with van der Waals surface area (Å²) in [6.07, 6.45) is 7.61. The summed E-state index contributed by atoms with van der Waals surface area (Å²) < 4.78 is 0. The topological polar surface area (TPSA) is 3.24 Å². The van der Waals surface area contributed by atoms with E-state index >= 15 is 0 Å². The van der Waals surface area contributed by atoms with E-state index in [-0.39, 0.29) is 16.4 Å². The van der Waals surface area contributed by atoms with E-state index < -0.39 is 0 Å². The fraction of sp³-hybridized carbons (Fsp3) is 0.882. The third-order valence-corrected chi connectivity index (χ3v) is 7.08. The molecule has 0 spiro atoms. The summed E-state index contributed by atoms with van der Waals surface area (Å²) in [5.41, 5.74) is 0.652. The first-order valence-electron chi connectivity index (χ1n) is 7.76. The first kappa shape index (κ1) is 17.2. The molecule has 0 aromatic carbocycles. The molecule has 0 aromatic heterocycles. The fourth-order valence-electron chi connectivity index (χ4n) is 3.41. The number of hydrogen-bond acceptors (Lipinski definition) is 1. The van der Waals surface area contributed by atoms with Crippen molar-refractivity contribution in [2.24, 2.45) is 10.8 Å². The van der Waals surface area contributed by atoms with Crippen molar-refractivity contribution in [2.75, 3.05) is 25.9 Å². The summed E-state index contributed by atoms with van der Waals surface area (Å²) in [7, 11) is 1.01. The molecule has 1 aliphatic rings. The minimum Gasteiger partial charge on any atom is -0.297 e. The molecule has 1 saturated heterocycles. The molecular weight excluding hydrogens is 249 g/mol. The molecule has 0 aromatic rings. The molecule has 19 heavy (non-hydrogen) atoms. The summed E-state index contributed by atoms with van der Waals surface area (Å²) in [6, 6.07) is 0. The highest BCUT2D eigenvalue weighted by atomic mass is 31.1. The maximum Gasteiger partial charge on any atom is 0.0277 e. The summed E-state index contributed by atoms with van der Waals surface area (Å²) in [5, 5.41) is 0. The predicted molar refractivity (Wildman–Crippen MR) is 90.7 cm³/mol. The molecule has 1 nitrogen and oxygen atoms in total. The Morgan fingerprint density at radius 2 is 1.58 bits per heavy atom. The number of allylic oxidation sites excluding steroid dienone is 1. The van der Waals surface area contributed by atoms with E-state index in [4.69, 9.17) is 0 Å². The van der Waals surface area contributed by atoms with Crippen molar-refractivity contribution in [3.8, 4) is 0 Å². The minimum absolute atomic E-state index is 0.152. The van der Waals surface area contributed by atoms with Gasteiger partial charge in [-0.1, -0.05) is 40.2 Å². The second-order valence-corrected chi connectivity index (χ2v) is 8.46. The molecule has 0 saturated carbocycles. The summed E-state index contributed by atoms with van der Waals surface area (Å²) in [5.74, 6) is 0. The molecular formula is C17H34NP. The second-order valence-electron chi connectivity index (χ2n) is 7.40. The molecule has 1 rings (SSSR count). The third-order valence-electron chi connectivity index (χ3n) is 6.04. The SMILES string of the molecule is C=CC(C)(C)C(C)(C)C(C)(CPC)N1CCCCC1. The summed E-state index contributed by atoms with van der Waals surface area (Å²) >= 11 is 0. The lowest BCUT2D eigenvalue weighted by molar-refractivity contribution is -0.0492. The van der Waals surface area contributed by atoms with Crippen molar-refractivity contribution in [3.05, 3.63) is 12.7 Å². The lowest BCUT2D eigenvalue weighted by Crippen LogP contribution is -2.63. The number of rotatable bonds is 6. The molecule has 2 heteroatoms. The Labute approximate surface area is 123 Å². The Balaban J connectivity index is 3.12. The Bertz CT molecular complexity index is 302. The molecule has 1 heterocycles. The van der Waals surface area contributed by atoms with Crippen LogP contribution in [0.1, 0.15) is 53.9 Å². The van der Waals surface area contributed by atoms with Crippen molar-refractivity contribution in [2.45, 2.75) is 59.4 Å². The van der Waals surface area contributed by atoms with Gasteiger partial charge >= 0.3 is 0 Å². The van der Waals surface area contributed by atoms with Crippen LogP contribution in [-0.4, -0.2) is 36.4 Å². The molecule has 1 aliphatic heterocycles. The lowest BCUT2D eigenvalue weighted by atomic mass is 9.57. The molecule has 0 radical (unpaired) electrons. The second kappa shape index (κ2) is 6.27. The van der Waals surface area contributed by atoms with Crippen molar-refractivity contribution in [1.29, 1.82) is 0 Å². The van der Waals surface area contributed by atoms with E-state index in [1.807, 2.05) is 0 Å². The van der Waals surface area contributed by atoms with Crippen LogP contribution in [0.25, 0.3) is 0 Å². The zero-order valence-corrected chi connectivity index (χ0v) is 15.0. The number of nitrogens with zero attached hydrogens (tertiary/aromatic N) is 1. The van der Waals surface area contributed by atoms with E-state index in [1.165, 1.54) is 38.5 Å². The zero-order chi connectivity index (χ0) is 14.7. The average molecular weight is 283 g/mol. The van der Waals surface area contributed by atoms with Gasteiger partial charge in [0.2, 0.25) is 0 Å². The van der Waals surface area contributed by atoms with Gasteiger partial charge in [0.25, 0.3) is 0 Å². The van der Waals surface area contributed by atoms with Gasteiger partial charge in [-0.05, 0) is 56.5 Å². The van der Waals surface area contributed by atoms with Crippen LogP contribution in [0.2, 0.25) is 0 Å². The highest BCUT2D eigenvalue weighted by Gasteiger charge is 2.51. The predicted octanol–water partition coefficient (Wildman–Crippen LogP) is 4.78. The molecule has 0 amide bonds. The van der Waals surface area contributed by atoms with Crippen LogP contribution in [0.4, 0.5) is 0 Å². The molecule has 112 valence electrons. The van der Waals surface area contributed by atoms with Gasteiger partial charge in [0.1, 0.15) is 0 Å². The lowest BCUT2D eigenvalue weighted by Gasteiger charge is -2.58. The van der Waals surface area contributed by atoms with Crippen LogP contribution in [0, 0.1) is 10.8 Å². The van der Waals surface area contributed by atoms with Crippen molar-refractivity contribution in [3.63, 3.8) is 0 Å². The van der Waals surface area contributed by atoms with Gasteiger partial charge in [0.05, 0.1) is 0 Å². The van der Waals surface area contributed by atoms with E-state index in [0.717, 1.165) is 8.58 Å². The molecule has 0 bridgehead atoms. The molecule has 2 atom stereocenters. The van der Waals surface area contributed by atoms with E-state index in [1.54, 1.807) is 0 Å². The molecule has 2 unspecified atom stereocenters. The highest BCUT2D eigenvalue weighted by molar-refractivity contribution is 7.37.